The molecule has 0 spiro atoms. The molecule has 0 bridgehead atoms. The van der Waals surface area contributed by atoms with Crippen LogP contribution in [0.1, 0.15) is 54.6 Å². The van der Waals surface area contributed by atoms with E-state index in [4.69, 9.17) is 11.6 Å². The van der Waals surface area contributed by atoms with Crippen LogP contribution < -0.4 is 16.0 Å². The monoisotopic (exact) mass is 525 g/mol. The van der Waals surface area contributed by atoms with Gasteiger partial charge >= 0.3 is 6.03 Å². The number of amides is 2. The molecule has 0 aliphatic carbocycles. The highest BCUT2D eigenvalue weighted by Crippen LogP contribution is 2.36. The lowest BCUT2D eigenvalue weighted by molar-refractivity contribution is 0.249. The zero-order valence-electron chi connectivity index (χ0n) is 21.0. The number of nitrogens with one attached hydrogen (secondary N) is 3. The van der Waals surface area contributed by atoms with Crippen LogP contribution in [0.4, 0.5) is 10.5 Å². The maximum absolute atomic E-state index is 13.6. The van der Waals surface area contributed by atoms with Crippen molar-refractivity contribution in [3.63, 3.8) is 0 Å². The topological polar surface area (TPSA) is 87.3 Å². The van der Waals surface area contributed by atoms with E-state index in [0.717, 1.165) is 36.2 Å². The maximum Gasteiger partial charge on any atom is 0.319 e. The molecule has 0 aromatic heterocycles. The van der Waals surface area contributed by atoms with Crippen LogP contribution in [-0.2, 0) is 27.5 Å². The summed E-state index contributed by atoms with van der Waals surface area (Å²) >= 11 is 6.38. The van der Waals surface area contributed by atoms with E-state index in [9.17, 15) is 13.2 Å². The van der Waals surface area contributed by atoms with Gasteiger partial charge in [0, 0.05) is 17.3 Å². The molecule has 1 atom stereocenters. The summed E-state index contributed by atoms with van der Waals surface area (Å²) in [5.41, 5.74) is 5.44. The predicted molar refractivity (Wildman–Crippen MR) is 145 cm³/mol. The average molecular weight is 526 g/mol. The van der Waals surface area contributed by atoms with Gasteiger partial charge < -0.3 is 16.0 Å². The fourth-order valence-electron chi connectivity index (χ4n) is 4.47. The minimum Gasteiger partial charge on any atom is -0.331 e. The van der Waals surface area contributed by atoms with Gasteiger partial charge in [-0.2, -0.15) is 0 Å². The molecule has 36 heavy (non-hydrogen) atoms. The minimum absolute atomic E-state index is 0.206. The highest BCUT2D eigenvalue weighted by atomic mass is 35.5. The first kappa shape index (κ1) is 26.2. The summed E-state index contributed by atoms with van der Waals surface area (Å²) in [4.78, 5) is 12.8. The molecule has 0 saturated heterocycles. The zero-order valence-corrected chi connectivity index (χ0v) is 22.6. The maximum atomic E-state index is 13.6. The standard InChI is InChI=1S/C28H32ClN3O3S/c1-18-6-5-7-25(26(18)29)19(2)31-27(33)32-23-10-12-24(13-11-23)36(34,35)28(3,4)22-9-8-21-17-30-15-14-20(21)16-22/h5-13,16,19,30H,14-15,17H2,1-4H3,(H2,31,32,33). The van der Waals surface area contributed by atoms with Gasteiger partial charge in [-0.25, -0.2) is 13.2 Å². The summed E-state index contributed by atoms with van der Waals surface area (Å²) in [6, 6.07) is 17.2. The summed E-state index contributed by atoms with van der Waals surface area (Å²) in [6.07, 6.45) is 0.885. The normalized spacial score (nSPS) is 14.6. The van der Waals surface area contributed by atoms with Crippen molar-refractivity contribution in [1.82, 2.24) is 10.6 Å². The largest absolute Gasteiger partial charge is 0.331 e. The van der Waals surface area contributed by atoms with Crippen LogP contribution in [0, 0.1) is 6.92 Å². The third-order valence-corrected chi connectivity index (χ3v) is 9.91. The van der Waals surface area contributed by atoms with E-state index in [1.165, 1.54) is 23.3 Å². The number of carbonyl (C=O) groups is 1. The van der Waals surface area contributed by atoms with Gasteiger partial charge in [0.05, 0.1) is 15.7 Å². The van der Waals surface area contributed by atoms with E-state index in [1.807, 2.05) is 50.2 Å². The van der Waals surface area contributed by atoms with Gasteiger partial charge in [-0.3, -0.25) is 0 Å². The van der Waals surface area contributed by atoms with Crippen molar-refractivity contribution in [1.29, 1.82) is 0 Å². The Morgan fingerprint density at radius 2 is 1.78 bits per heavy atom. The number of fused-ring (bicyclic) bond motifs is 1. The molecule has 4 rings (SSSR count). The van der Waals surface area contributed by atoms with Gasteiger partial charge in [-0.05, 0) is 92.7 Å². The molecular weight excluding hydrogens is 494 g/mol. The van der Waals surface area contributed by atoms with E-state index in [0.29, 0.717) is 10.7 Å². The number of hydrogen-bond donors (Lipinski definition) is 3. The van der Waals surface area contributed by atoms with E-state index in [2.05, 4.69) is 16.0 Å². The Bertz CT molecular complexity index is 1390. The summed E-state index contributed by atoms with van der Waals surface area (Å²) < 4.78 is 26.1. The first-order valence-corrected chi connectivity index (χ1v) is 13.9. The molecule has 190 valence electrons. The molecule has 0 fully saturated rings. The van der Waals surface area contributed by atoms with Crippen molar-refractivity contribution in [2.24, 2.45) is 0 Å². The second-order valence-corrected chi connectivity index (χ2v) is 12.6. The average Bonchev–Trinajstić information content (AvgIpc) is 2.85. The third-order valence-electron chi connectivity index (χ3n) is 6.92. The highest BCUT2D eigenvalue weighted by molar-refractivity contribution is 7.92. The van der Waals surface area contributed by atoms with Crippen molar-refractivity contribution in [3.05, 3.63) is 93.5 Å². The van der Waals surface area contributed by atoms with E-state index < -0.39 is 20.6 Å². The van der Waals surface area contributed by atoms with E-state index in [-0.39, 0.29) is 10.9 Å². The summed E-state index contributed by atoms with van der Waals surface area (Å²) in [6.45, 7) is 8.95. The number of halogens is 1. The SMILES string of the molecule is Cc1cccc(C(C)NC(=O)Nc2ccc(S(=O)(=O)C(C)(C)c3ccc4c(c3)CCNC4)cc2)c1Cl. The van der Waals surface area contributed by atoms with Gasteiger partial charge in [-0.15, -0.1) is 0 Å². The third kappa shape index (κ3) is 5.14. The molecule has 1 aliphatic rings. The van der Waals surface area contributed by atoms with E-state index >= 15 is 0 Å². The van der Waals surface area contributed by atoms with Crippen molar-refractivity contribution in [2.75, 3.05) is 11.9 Å². The van der Waals surface area contributed by atoms with Crippen molar-refractivity contribution < 1.29 is 13.2 Å². The number of aryl methyl sites for hydroxylation is 1. The van der Waals surface area contributed by atoms with Gasteiger partial charge in [0.15, 0.2) is 9.84 Å². The Morgan fingerprint density at radius 3 is 2.50 bits per heavy atom. The molecule has 1 unspecified atom stereocenters. The number of urea groups is 1. The number of hydrogen-bond acceptors (Lipinski definition) is 4. The Labute approximate surface area is 218 Å². The van der Waals surface area contributed by atoms with Crippen molar-refractivity contribution in [3.8, 4) is 0 Å². The number of sulfone groups is 1. The molecule has 0 saturated carbocycles. The molecule has 0 radical (unpaired) electrons. The number of carbonyl (C=O) groups excluding carboxylic acids is 1. The van der Waals surface area contributed by atoms with Crippen LogP contribution in [0.15, 0.2) is 65.6 Å². The number of benzene rings is 3. The Balaban J connectivity index is 1.47. The lowest BCUT2D eigenvalue weighted by atomic mass is 9.93. The number of rotatable bonds is 6. The zero-order chi connectivity index (χ0) is 26.1. The molecule has 1 aliphatic heterocycles. The summed E-state index contributed by atoms with van der Waals surface area (Å²) in [5, 5.41) is 9.60. The Morgan fingerprint density at radius 1 is 1.06 bits per heavy atom. The molecule has 2 amide bonds. The molecule has 6 nitrogen and oxygen atoms in total. The first-order valence-electron chi connectivity index (χ1n) is 12.0. The molecule has 8 heteroatoms. The van der Waals surface area contributed by atoms with E-state index in [1.54, 1.807) is 26.0 Å². The molecule has 3 aromatic carbocycles. The van der Waals surface area contributed by atoms with Crippen LogP contribution in [0.5, 0.6) is 0 Å². The van der Waals surface area contributed by atoms with Crippen LogP contribution in [-0.4, -0.2) is 21.0 Å². The second kappa shape index (κ2) is 10.2. The Hall–Kier alpha value is -2.87. The molecule has 1 heterocycles. The van der Waals surface area contributed by atoms with Gasteiger partial charge in [0.25, 0.3) is 0 Å². The van der Waals surface area contributed by atoms with Gasteiger partial charge in [-0.1, -0.05) is 48.0 Å². The fourth-order valence-corrected chi connectivity index (χ4v) is 6.28. The predicted octanol–water partition coefficient (Wildman–Crippen LogP) is 5.89. The lowest BCUT2D eigenvalue weighted by Gasteiger charge is -2.28. The molecular formula is C28H32ClN3O3S. The highest BCUT2D eigenvalue weighted by Gasteiger charge is 2.38. The quantitative estimate of drug-likeness (QED) is 0.374. The van der Waals surface area contributed by atoms with Crippen LogP contribution in [0.3, 0.4) is 0 Å². The summed E-state index contributed by atoms with van der Waals surface area (Å²) in [5.74, 6) is 0. The van der Waals surface area contributed by atoms with Crippen LogP contribution in [0.2, 0.25) is 5.02 Å². The lowest BCUT2D eigenvalue weighted by Crippen LogP contribution is -2.31. The smallest absolute Gasteiger partial charge is 0.319 e. The second-order valence-electron chi connectivity index (χ2n) is 9.75. The Kier molecular flexibility index (Phi) is 7.46. The molecule has 3 N–H and O–H groups in total. The minimum atomic E-state index is -3.69. The van der Waals surface area contributed by atoms with Crippen LogP contribution >= 0.6 is 11.6 Å². The summed E-state index contributed by atoms with van der Waals surface area (Å²) in [7, 11) is -3.69. The van der Waals surface area contributed by atoms with Gasteiger partial charge in [0.2, 0.25) is 0 Å². The van der Waals surface area contributed by atoms with Crippen LogP contribution in [0.25, 0.3) is 0 Å². The van der Waals surface area contributed by atoms with Crippen molar-refractivity contribution >= 4 is 33.2 Å². The van der Waals surface area contributed by atoms with Gasteiger partial charge in [0.1, 0.15) is 0 Å². The fraction of sp³-hybridized carbons (Fsp3) is 0.321. The van der Waals surface area contributed by atoms with Crippen molar-refractivity contribution in [2.45, 2.75) is 56.3 Å². The number of anilines is 1. The first-order chi connectivity index (χ1) is 17.0. The molecule has 3 aromatic rings.